The molecule has 27 heavy (non-hydrogen) atoms. The maximum absolute atomic E-state index is 12.2. The summed E-state index contributed by atoms with van der Waals surface area (Å²) in [5.41, 5.74) is 10.9. The van der Waals surface area contributed by atoms with Gasteiger partial charge in [-0.05, 0) is 65.8 Å². The van der Waals surface area contributed by atoms with Crippen LogP contribution in [0.25, 0.3) is 23.3 Å². The number of hydrogen-bond acceptors (Lipinski definition) is 4. The van der Waals surface area contributed by atoms with Gasteiger partial charge in [0.25, 0.3) is 5.56 Å². The monoisotopic (exact) mass is 359 g/mol. The minimum Gasteiger partial charge on any atom is -0.496 e. The predicted octanol–water partition coefficient (Wildman–Crippen LogP) is 4.08. The number of aromatic amines is 1. The Labute approximate surface area is 157 Å². The van der Waals surface area contributed by atoms with Crippen LogP contribution < -0.4 is 16.0 Å². The van der Waals surface area contributed by atoms with Gasteiger partial charge in [0.2, 0.25) is 0 Å². The molecule has 1 fully saturated rings. The lowest BCUT2D eigenvalue weighted by Crippen LogP contribution is -2.10. The topological polar surface area (TPSA) is 81.0 Å². The van der Waals surface area contributed by atoms with E-state index >= 15 is 0 Å². The van der Waals surface area contributed by atoms with Gasteiger partial charge in [0.15, 0.2) is 0 Å². The molecule has 0 amide bonds. The number of nitrogens with two attached hydrogens (primary N) is 1. The lowest BCUT2D eigenvalue weighted by molar-refractivity contribution is 0.409. The van der Waals surface area contributed by atoms with E-state index in [1.807, 2.05) is 42.5 Å². The Morgan fingerprint density at radius 3 is 2.59 bits per heavy atom. The van der Waals surface area contributed by atoms with E-state index in [9.17, 15) is 4.79 Å². The molecule has 0 aliphatic heterocycles. The molecule has 1 heterocycles. The number of anilines is 1. The van der Waals surface area contributed by atoms with Crippen LogP contribution in [0.3, 0.4) is 0 Å². The second kappa shape index (κ2) is 7.11. The first-order chi connectivity index (χ1) is 13.2. The van der Waals surface area contributed by atoms with Crippen molar-refractivity contribution in [2.75, 3.05) is 12.8 Å². The normalized spacial score (nSPS) is 13.8. The third-order valence-corrected chi connectivity index (χ3v) is 4.80. The largest absolute Gasteiger partial charge is 0.496 e. The van der Waals surface area contributed by atoms with Crippen molar-refractivity contribution < 1.29 is 4.74 Å². The molecule has 0 bridgehead atoms. The highest BCUT2D eigenvalue weighted by atomic mass is 16.5. The van der Waals surface area contributed by atoms with Gasteiger partial charge >= 0.3 is 0 Å². The molecule has 3 N–H and O–H groups in total. The van der Waals surface area contributed by atoms with E-state index in [1.54, 1.807) is 19.4 Å². The van der Waals surface area contributed by atoms with E-state index in [-0.39, 0.29) is 5.56 Å². The van der Waals surface area contributed by atoms with Gasteiger partial charge in [0.05, 0.1) is 12.7 Å². The Bertz CT molecular complexity index is 1050. The number of ether oxygens (including phenoxy) is 1. The molecule has 0 atom stereocenters. The van der Waals surface area contributed by atoms with Crippen LogP contribution >= 0.6 is 0 Å². The van der Waals surface area contributed by atoms with Crippen LogP contribution in [0.2, 0.25) is 0 Å². The summed E-state index contributed by atoms with van der Waals surface area (Å²) < 4.78 is 5.74. The molecule has 3 aromatic rings. The Morgan fingerprint density at radius 2 is 1.93 bits per heavy atom. The second-order valence-electron chi connectivity index (χ2n) is 6.76. The molecule has 4 rings (SSSR count). The molecular formula is C22H21N3O2. The zero-order valence-electron chi connectivity index (χ0n) is 15.1. The standard InChI is InChI=1S/C22H21N3O2/c1-27-21-16(5-2-14-3-8-18(23)9-4-14)12-17(13-20(21)15-6-7-15)19-10-11-24-25-22(19)26/h2-5,8-13,15H,6-7,23H2,1H3,(H,25,26)/b5-2+. The molecule has 1 saturated carbocycles. The molecule has 1 aliphatic rings. The van der Waals surface area contributed by atoms with Crippen molar-refractivity contribution in [2.45, 2.75) is 18.8 Å². The molecule has 2 aromatic carbocycles. The summed E-state index contributed by atoms with van der Waals surface area (Å²) in [4.78, 5) is 12.2. The summed E-state index contributed by atoms with van der Waals surface area (Å²) in [7, 11) is 1.70. The maximum atomic E-state index is 12.2. The summed E-state index contributed by atoms with van der Waals surface area (Å²) >= 11 is 0. The lowest BCUT2D eigenvalue weighted by atomic mass is 9.96. The van der Waals surface area contributed by atoms with Gasteiger partial charge in [0.1, 0.15) is 5.75 Å². The first kappa shape index (κ1) is 17.1. The number of methoxy groups -OCH3 is 1. The average molecular weight is 359 g/mol. The highest BCUT2D eigenvalue weighted by Gasteiger charge is 2.28. The predicted molar refractivity (Wildman–Crippen MR) is 109 cm³/mol. The smallest absolute Gasteiger partial charge is 0.272 e. The molecule has 5 heteroatoms. The summed E-state index contributed by atoms with van der Waals surface area (Å²) in [5.74, 6) is 1.36. The highest BCUT2D eigenvalue weighted by molar-refractivity contribution is 5.78. The van der Waals surface area contributed by atoms with Crippen LogP contribution in [0.4, 0.5) is 5.69 Å². The first-order valence-corrected chi connectivity index (χ1v) is 8.95. The number of rotatable bonds is 5. The quantitative estimate of drug-likeness (QED) is 0.531. The molecule has 1 aliphatic carbocycles. The fourth-order valence-corrected chi connectivity index (χ4v) is 3.25. The molecular weight excluding hydrogens is 338 g/mol. The number of nitrogen functional groups attached to an aromatic ring is 1. The zero-order valence-corrected chi connectivity index (χ0v) is 15.1. The Hall–Kier alpha value is -3.34. The van der Waals surface area contributed by atoms with Gasteiger partial charge in [0, 0.05) is 17.4 Å². The molecule has 136 valence electrons. The van der Waals surface area contributed by atoms with Crippen molar-refractivity contribution in [1.82, 2.24) is 10.2 Å². The van der Waals surface area contributed by atoms with Gasteiger partial charge in [-0.25, -0.2) is 5.10 Å². The van der Waals surface area contributed by atoms with Crippen molar-refractivity contribution in [3.8, 4) is 16.9 Å². The van der Waals surface area contributed by atoms with Crippen LogP contribution in [-0.2, 0) is 0 Å². The van der Waals surface area contributed by atoms with Crippen LogP contribution in [0.15, 0.2) is 53.5 Å². The molecule has 0 spiro atoms. The average Bonchev–Trinajstić information content (AvgIpc) is 3.52. The third kappa shape index (κ3) is 3.62. The summed E-state index contributed by atoms with van der Waals surface area (Å²) in [6.07, 6.45) is 7.94. The Kier molecular flexibility index (Phi) is 4.50. The van der Waals surface area contributed by atoms with Gasteiger partial charge < -0.3 is 10.5 Å². The minimum absolute atomic E-state index is 0.196. The molecule has 0 saturated heterocycles. The fourth-order valence-electron chi connectivity index (χ4n) is 3.25. The number of hydrogen-bond donors (Lipinski definition) is 2. The van der Waals surface area contributed by atoms with E-state index in [0.29, 0.717) is 11.5 Å². The SMILES string of the molecule is COc1c(/C=C/c2ccc(N)cc2)cc(-c2ccn[nH]c2=O)cc1C1CC1. The summed E-state index contributed by atoms with van der Waals surface area (Å²) in [6.45, 7) is 0. The van der Waals surface area contributed by atoms with Gasteiger partial charge in [-0.1, -0.05) is 24.3 Å². The number of nitrogens with one attached hydrogen (secondary N) is 1. The first-order valence-electron chi connectivity index (χ1n) is 8.95. The Morgan fingerprint density at radius 1 is 1.15 bits per heavy atom. The fraction of sp³-hybridized carbons (Fsp3) is 0.182. The second-order valence-corrected chi connectivity index (χ2v) is 6.76. The van der Waals surface area contributed by atoms with Gasteiger partial charge in [-0.3, -0.25) is 4.79 Å². The molecule has 1 aromatic heterocycles. The minimum atomic E-state index is -0.196. The zero-order chi connectivity index (χ0) is 18.8. The molecule has 0 radical (unpaired) electrons. The number of nitrogens with zero attached hydrogens (tertiary/aromatic N) is 1. The van der Waals surface area contributed by atoms with Crippen LogP contribution in [-0.4, -0.2) is 17.3 Å². The van der Waals surface area contributed by atoms with E-state index in [2.05, 4.69) is 16.3 Å². The summed E-state index contributed by atoms with van der Waals surface area (Å²) in [6, 6.07) is 13.5. The highest BCUT2D eigenvalue weighted by Crippen LogP contribution is 2.47. The van der Waals surface area contributed by atoms with Crippen LogP contribution in [0.1, 0.15) is 35.4 Å². The van der Waals surface area contributed by atoms with Crippen molar-refractivity contribution in [3.05, 3.63) is 75.7 Å². The summed E-state index contributed by atoms with van der Waals surface area (Å²) in [5, 5.41) is 6.30. The van der Waals surface area contributed by atoms with Crippen molar-refractivity contribution >= 4 is 17.8 Å². The van der Waals surface area contributed by atoms with Crippen molar-refractivity contribution in [1.29, 1.82) is 0 Å². The van der Waals surface area contributed by atoms with Gasteiger partial charge in [-0.15, -0.1) is 0 Å². The van der Waals surface area contributed by atoms with Gasteiger partial charge in [-0.2, -0.15) is 5.10 Å². The Balaban J connectivity index is 1.82. The van der Waals surface area contributed by atoms with E-state index in [0.717, 1.165) is 46.5 Å². The molecule has 0 unspecified atom stereocenters. The van der Waals surface area contributed by atoms with Crippen LogP contribution in [0.5, 0.6) is 5.75 Å². The van der Waals surface area contributed by atoms with E-state index < -0.39 is 0 Å². The molecule has 5 nitrogen and oxygen atoms in total. The number of H-pyrrole nitrogens is 1. The van der Waals surface area contributed by atoms with E-state index in [1.165, 1.54) is 0 Å². The number of benzene rings is 2. The lowest BCUT2D eigenvalue weighted by Gasteiger charge is -2.14. The van der Waals surface area contributed by atoms with Crippen molar-refractivity contribution in [2.24, 2.45) is 0 Å². The third-order valence-electron chi connectivity index (χ3n) is 4.80. The van der Waals surface area contributed by atoms with E-state index in [4.69, 9.17) is 10.5 Å². The van der Waals surface area contributed by atoms with Crippen molar-refractivity contribution in [3.63, 3.8) is 0 Å². The maximum Gasteiger partial charge on any atom is 0.272 e. The van der Waals surface area contributed by atoms with Crippen LogP contribution in [0, 0.1) is 0 Å². The number of aromatic nitrogens is 2.